The van der Waals surface area contributed by atoms with Gasteiger partial charge in [-0.25, -0.2) is 0 Å². The Balaban J connectivity index is 1.85. The quantitative estimate of drug-likeness (QED) is 0.820. The third-order valence-electron chi connectivity index (χ3n) is 5.52. The molecule has 4 fully saturated rings. The second kappa shape index (κ2) is 3.60. The van der Waals surface area contributed by atoms with Gasteiger partial charge in [-0.2, -0.15) is 0 Å². The van der Waals surface area contributed by atoms with Gasteiger partial charge in [0.05, 0.1) is 6.67 Å². The Morgan fingerprint density at radius 2 is 1.84 bits per heavy atom. The fraction of sp³-hybridized carbons (Fsp3) is 0.625. The number of aryl methyl sites for hydroxylation is 1. The Labute approximate surface area is 115 Å². The number of hydrogen-bond acceptors (Lipinski definition) is 3. The van der Waals surface area contributed by atoms with Crippen molar-refractivity contribution >= 4 is 0 Å². The average molecular weight is 257 g/mol. The molecular weight excluding hydrogens is 234 g/mol. The van der Waals surface area contributed by atoms with Crippen LogP contribution < -0.4 is 5.73 Å². The lowest BCUT2D eigenvalue weighted by Crippen LogP contribution is -2.80. The zero-order chi connectivity index (χ0) is 13.3. The smallest absolute Gasteiger partial charge is 0.0507 e. The predicted octanol–water partition coefficient (Wildman–Crippen LogP) is 1.17. The van der Waals surface area contributed by atoms with Crippen LogP contribution in [0.3, 0.4) is 0 Å². The summed E-state index contributed by atoms with van der Waals surface area (Å²) in [6.07, 6.45) is 0. The maximum absolute atomic E-state index is 6.77. The van der Waals surface area contributed by atoms with Crippen molar-refractivity contribution in [3.63, 3.8) is 0 Å². The van der Waals surface area contributed by atoms with Crippen LogP contribution in [0.1, 0.15) is 18.1 Å². The Morgan fingerprint density at radius 1 is 1.16 bits per heavy atom. The van der Waals surface area contributed by atoms with Gasteiger partial charge < -0.3 is 5.73 Å². The van der Waals surface area contributed by atoms with Crippen molar-refractivity contribution in [2.75, 3.05) is 32.8 Å². The summed E-state index contributed by atoms with van der Waals surface area (Å²) in [7, 11) is 0. The summed E-state index contributed by atoms with van der Waals surface area (Å²) in [4.78, 5) is 5.19. The van der Waals surface area contributed by atoms with E-state index in [1.54, 1.807) is 0 Å². The van der Waals surface area contributed by atoms with Gasteiger partial charge in [0.15, 0.2) is 0 Å². The van der Waals surface area contributed by atoms with E-state index in [0.29, 0.717) is 0 Å². The molecular formula is C16H23N3. The first kappa shape index (κ1) is 11.9. The van der Waals surface area contributed by atoms with Crippen LogP contribution in [0.2, 0.25) is 0 Å². The van der Waals surface area contributed by atoms with E-state index in [0.717, 1.165) is 32.8 Å². The van der Waals surface area contributed by atoms with Crippen molar-refractivity contribution in [2.45, 2.75) is 25.3 Å². The van der Waals surface area contributed by atoms with E-state index in [2.05, 4.69) is 47.9 Å². The Morgan fingerprint density at radius 3 is 2.47 bits per heavy atom. The topological polar surface area (TPSA) is 32.5 Å². The molecule has 2 N–H and O–H groups in total. The second-order valence-corrected chi connectivity index (χ2v) is 7.27. The lowest BCUT2D eigenvalue weighted by atomic mass is 9.57. The van der Waals surface area contributed by atoms with Crippen LogP contribution >= 0.6 is 0 Å². The van der Waals surface area contributed by atoms with Gasteiger partial charge in [-0.05, 0) is 12.5 Å². The molecule has 3 atom stereocenters. The van der Waals surface area contributed by atoms with Crippen molar-refractivity contribution in [2.24, 2.45) is 11.1 Å². The van der Waals surface area contributed by atoms with Gasteiger partial charge in [0.1, 0.15) is 0 Å². The number of piperidine rings is 2. The second-order valence-electron chi connectivity index (χ2n) is 7.27. The molecule has 1 aromatic carbocycles. The van der Waals surface area contributed by atoms with Gasteiger partial charge >= 0.3 is 0 Å². The highest BCUT2D eigenvalue weighted by Gasteiger charge is 2.60. The van der Waals surface area contributed by atoms with Crippen molar-refractivity contribution in [1.29, 1.82) is 0 Å². The maximum atomic E-state index is 6.77. The predicted molar refractivity (Wildman–Crippen MR) is 77.0 cm³/mol. The van der Waals surface area contributed by atoms with Crippen LogP contribution in [0.15, 0.2) is 24.3 Å². The summed E-state index contributed by atoms with van der Waals surface area (Å²) < 4.78 is 0. The Kier molecular flexibility index (Phi) is 2.25. The number of hydrogen-bond donors (Lipinski definition) is 1. The summed E-state index contributed by atoms with van der Waals surface area (Å²) in [6.45, 7) is 10.3. The molecule has 4 aliphatic heterocycles. The molecule has 4 saturated heterocycles. The molecule has 3 heteroatoms. The Bertz CT molecular complexity index is 510. The molecule has 4 heterocycles. The van der Waals surface area contributed by atoms with Crippen LogP contribution in [0.4, 0.5) is 0 Å². The van der Waals surface area contributed by atoms with E-state index in [4.69, 9.17) is 5.73 Å². The van der Waals surface area contributed by atoms with E-state index >= 15 is 0 Å². The molecule has 4 bridgehead atoms. The molecule has 0 aromatic heterocycles. The molecule has 5 rings (SSSR count). The molecule has 0 saturated carbocycles. The van der Waals surface area contributed by atoms with E-state index in [-0.39, 0.29) is 16.9 Å². The fourth-order valence-electron chi connectivity index (χ4n) is 4.89. The third-order valence-corrected chi connectivity index (χ3v) is 5.52. The molecule has 4 aliphatic rings. The molecule has 102 valence electrons. The maximum Gasteiger partial charge on any atom is 0.0507 e. The first-order chi connectivity index (χ1) is 9.02. The highest BCUT2D eigenvalue weighted by Crippen LogP contribution is 2.49. The number of rotatable bonds is 1. The monoisotopic (exact) mass is 257 g/mol. The van der Waals surface area contributed by atoms with Crippen LogP contribution in [0.5, 0.6) is 0 Å². The first-order valence-electron chi connectivity index (χ1n) is 7.29. The largest absolute Gasteiger partial charge is 0.326 e. The summed E-state index contributed by atoms with van der Waals surface area (Å²) >= 11 is 0. The van der Waals surface area contributed by atoms with Crippen molar-refractivity contribution < 1.29 is 0 Å². The van der Waals surface area contributed by atoms with Gasteiger partial charge in [0, 0.05) is 43.1 Å². The van der Waals surface area contributed by atoms with Gasteiger partial charge in [0.25, 0.3) is 0 Å². The van der Waals surface area contributed by atoms with Crippen LogP contribution in [0, 0.1) is 12.3 Å². The van der Waals surface area contributed by atoms with Crippen LogP contribution in [-0.2, 0) is 5.41 Å². The first-order valence-corrected chi connectivity index (χ1v) is 7.29. The SMILES string of the molecule is Cc1cccc(C23CN4CN(CC(C)(C4)C2N)C3)c1. The summed E-state index contributed by atoms with van der Waals surface area (Å²) in [5.41, 5.74) is 9.94. The molecule has 3 unspecified atom stereocenters. The number of nitrogens with two attached hydrogens (primary N) is 1. The van der Waals surface area contributed by atoms with Crippen LogP contribution in [-0.4, -0.2) is 48.7 Å². The van der Waals surface area contributed by atoms with Crippen molar-refractivity contribution in [3.05, 3.63) is 35.4 Å². The van der Waals surface area contributed by atoms with E-state index in [1.807, 2.05) is 0 Å². The number of nitrogens with zero attached hydrogens (tertiary/aromatic N) is 2. The van der Waals surface area contributed by atoms with Gasteiger partial charge in [0.2, 0.25) is 0 Å². The molecule has 1 aromatic rings. The van der Waals surface area contributed by atoms with Crippen molar-refractivity contribution in [3.8, 4) is 0 Å². The number of benzene rings is 1. The molecule has 0 spiro atoms. The zero-order valence-electron chi connectivity index (χ0n) is 11.9. The fourth-order valence-corrected chi connectivity index (χ4v) is 4.89. The van der Waals surface area contributed by atoms with E-state index in [9.17, 15) is 0 Å². The van der Waals surface area contributed by atoms with E-state index < -0.39 is 0 Å². The van der Waals surface area contributed by atoms with Crippen LogP contribution in [0.25, 0.3) is 0 Å². The van der Waals surface area contributed by atoms with Gasteiger partial charge in [-0.1, -0.05) is 36.8 Å². The van der Waals surface area contributed by atoms with Gasteiger partial charge in [-0.3, -0.25) is 9.80 Å². The summed E-state index contributed by atoms with van der Waals surface area (Å²) in [5, 5.41) is 0. The lowest BCUT2D eigenvalue weighted by molar-refractivity contribution is -0.142. The highest BCUT2D eigenvalue weighted by atomic mass is 15.4. The minimum absolute atomic E-state index is 0.134. The third kappa shape index (κ3) is 1.49. The van der Waals surface area contributed by atoms with E-state index in [1.165, 1.54) is 11.1 Å². The van der Waals surface area contributed by atoms with Crippen molar-refractivity contribution in [1.82, 2.24) is 9.80 Å². The normalized spacial score (nSPS) is 47.6. The minimum Gasteiger partial charge on any atom is -0.326 e. The standard InChI is InChI=1S/C16H23N3/c1-12-4-3-5-13(6-12)16-9-18-7-15(2,14(16)17)8-19(10-16)11-18/h3-6,14H,7-11,17H2,1-2H3. The summed E-state index contributed by atoms with van der Waals surface area (Å²) in [6, 6.07) is 9.26. The molecule has 19 heavy (non-hydrogen) atoms. The zero-order valence-corrected chi connectivity index (χ0v) is 11.9. The van der Waals surface area contributed by atoms with Gasteiger partial charge in [-0.15, -0.1) is 0 Å². The molecule has 3 nitrogen and oxygen atoms in total. The highest BCUT2D eigenvalue weighted by molar-refractivity contribution is 5.37. The summed E-state index contributed by atoms with van der Waals surface area (Å²) in [5.74, 6) is 0. The molecule has 0 radical (unpaired) electrons. The molecule has 0 aliphatic carbocycles. The average Bonchev–Trinajstić information content (AvgIpc) is 2.34. The Hall–Kier alpha value is -0.900. The molecule has 0 amide bonds. The minimum atomic E-state index is 0.134. The lowest BCUT2D eigenvalue weighted by Gasteiger charge is -2.67.